The summed E-state index contributed by atoms with van der Waals surface area (Å²) < 4.78 is 0. The van der Waals surface area contributed by atoms with Crippen molar-refractivity contribution in [1.29, 1.82) is 0 Å². The van der Waals surface area contributed by atoms with E-state index in [-0.39, 0.29) is 0 Å². The second kappa shape index (κ2) is 10.2. The molecule has 2 saturated carbocycles. The minimum Gasteiger partial charge on any atom is -0.255 e. The van der Waals surface area contributed by atoms with Crippen LogP contribution in [0, 0.1) is 22.7 Å². The summed E-state index contributed by atoms with van der Waals surface area (Å²) in [7, 11) is 0. The second-order valence-corrected chi connectivity index (χ2v) is 15.7. The van der Waals surface area contributed by atoms with E-state index in [1.54, 1.807) is 0 Å². The Labute approximate surface area is 272 Å². The summed E-state index contributed by atoms with van der Waals surface area (Å²) in [6, 6.07) is 26.5. The fourth-order valence-electron chi connectivity index (χ4n) is 10.2. The molecule has 4 bridgehead atoms. The van der Waals surface area contributed by atoms with Gasteiger partial charge in [-0.15, -0.1) is 0 Å². The number of hydrogen-bond donors (Lipinski definition) is 0. The molecule has 4 nitrogen and oxygen atoms in total. The Morgan fingerprint density at radius 3 is 1.41 bits per heavy atom. The Morgan fingerprint density at radius 1 is 0.522 bits per heavy atom. The van der Waals surface area contributed by atoms with Crippen molar-refractivity contribution in [2.24, 2.45) is 22.7 Å². The van der Waals surface area contributed by atoms with Gasteiger partial charge in [-0.25, -0.2) is 0 Å². The molecule has 1 aromatic carbocycles. The van der Waals surface area contributed by atoms with Gasteiger partial charge in [0, 0.05) is 24.8 Å². The van der Waals surface area contributed by atoms with E-state index < -0.39 is 0 Å². The molecule has 4 heteroatoms. The first kappa shape index (κ1) is 28.1. The number of pyridine rings is 4. The molecule has 5 aromatic rings. The molecular weight excluding hydrogens is 560 g/mol. The van der Waals surface area contributed by atoms with Gasteiger partial charge in [0.25, 0.3) is 0 Å². The van der Waals surface area contributed by atoms with Crippen LogP contribution < -0.4 is 0 Å². The third-order valence-electron chi connectivity index (χ3n) is 12.9. The molecule has 0 N–H and O–H groups in total. The van der Waals surface area contributed by atoms with Crippen LogP contribution >= 0.6 is 0 Å². The highest BCUT2D eigenvalue weighted by molar-refractivity contribution is 5.59. The zero-order valence-corrected chi connectivity index (χ0v) is 27.3. The SMILES string of the molecule is CC1(C)[C@@H]2C[C@H]1C(Cc1cccc(C[C@H]3c4cc(-c5ccccn5)ncc4[C@H]4C[C@@H]3C4(C)C)c1)c1cc(-c3ccccn3)ncc12. The van der Waals surface area contributed by atoms with Gasteiger partial charge in [0.15, 0.2) is 0 Å². The van der Waals surface area contributed by atoms with Gasteiger partial charge in [0.2, 0.25) is 0 Å². The van der Waals surface area contributed by atoms with Crippen molar-refractivity contribution in [3.63, 3.8) is 0 Å². The van der Waals surface area contributed by atoms with Gasteiger partial charge < -0.3 is 0 Å². The zero-order valence-electron chi connectivity index (χ0n) is 27.3. The van der Waals surface area contributed by atoms with E-state index in [0.717, 1.165) is 35.6 Å². The monoisotopic (exact) mass is 602 g/mol. The van der Waals surface area contributed by atoms with Crippen LogP contribution in [0.2, 0.25) is 0 Å². The van der Waals surface area contributed by atoms with Gasteiger partial charge in [0.05, 0.1) is 22.8 Å². The number of rotatable bonds is 6. The molecule has 0 radical (unpaired) electrons. The summed E-state index contributed by atoms with van der Waals surface area (Å²) in [5, 5.41) is 0. The van der Waals surface area contributed by atoms with E-state index in [2.05, 4.69) is 111 Å². The Bertz CT molecular complexity index is 1810. The molecule has 1 unspecified atom stereocenters. The van der Waals surface area contributed by atoms with Crippen molar-refractivity contribution < 1.29 is 0 Å². The molecule has 0 saturated heterocycles. The third kappa shape index (κ3) is 4.18. The summed E-state index contributed by atoms with van der Waals surface area (Å²) >= 11 is 0. The molecule has 6 aliphatic carbocycles. The molecule has 4 aromatic heterocycles. The number of benzene rings is 1. The number of nitrogens with zero attached hydrogens (tertiary/aromatic N) is 4. The molecule has 4 heterocycles. The lowest BCUT2D eigenvalue weighted by Crippen LogP contribution is -2.51. The maximum atomic E-state index is 4.92. The van der Waals surface area contributed by atoms with Crippen molar-refractivity contribution in [2.45, 2.75) is 77.0 Å². The van der Waals surface area contributed by atoms with Crippen LogP contribution in [0.1, 0.15) is 97.6 Å². The van der Waals surface area contributed by atoms with Crippen LogP contribution in [0.4, 0.5) is 0 Å². The predicted molar refractivity (Wildman–Crippen MR) is 184 cm³/mol. The van der Waals surface area contributed by atoms with Gasteiger partial charge in [0.1, 0.15) is 0 Å². The zero-order chi connectivity index (χ0) is 31.2. The average Bonchev–Trinajstić information content (AvgIpc) is 3.08. The first-order chi connectivity index (χ1) is 22.3. The number of hydrogen-bond acceptors (Lipinski definition) is 4. The largest absolute Gasteiger partial charge is 0.255 e. The lowest BCUT2D eigenvalue weighted by Gasteiger charge is -2.60. The molecule has 230 valence electrons. The molecule has 0 spiro atoms. The van der Waals surface area contributed by atoms with Gasteiger partial charge in [-0.3, -0.25) is 19.9 Å². The smallest absolute Gasteiger partial charge is 0.0889 e. The van der Waals surface area contributed by atoms with Crippen LogP contribution in [0.3, 0.4) is 0 Å². The molecule has 11 rings (SSSR count). The van der Waals surface area contributed by atoms with Crippen LogP contribution in [-0.4, -0.2) is 19.9 Å². The van der Waals surface area contributed by atoms with E-state index in [1.165, 1.54) is 46.2 Å². The van der Waals surface area contributed by atoms with E-state index >= 15 is 0 Å². The highest BCUT2D eigenvalue weighted by atomic mass is 14.8. The minimum absolute atomic E-state index is 0.307. The first-order valence-electron chi connectivity index (χ1n) is 17.2. The summed E-state index contributed by atoms with van der Waals surface area (Å²) in [6.07, 6.45) is 12.8. The Hall–Kier alpha value is -4.18. The summed E-state index contributed by atoms with van der Waals surface area (Å²) in [6.45, 7) is 9.92. The third-order valence-corrected chi connectivity index (χ3v) is 12.9. The quantitative estimate of drug-likeness (QED) is 0.194. The first-order valence-corrected chi connectivity index (χ1v) is 17.2. The summed E-state index contributed by atoms with van der Waals surface area (Å²) in [5.41, 5.74) is 13.4. The normalized spacial score (nSPS) is 27.5. The Balaban J connectivity index is 1.04. The molecule has 0 amide bonds. The highest BCUT2D eigenvalue weighted by Gasteiger charge is 2.58. The van der Waals surface area contributed by atoms with E-state index in [4.69, 9.17) is 9.97 Å². The van der Waals surface area contributed by atoms with Gasteiger partial charge in [-0.1, -0.05) is 64.1 Å². The summed E-state index contributed by atoms with van der Waals surface area (Å²) in [4.78, 5) is 19.1. The standard InChI is InChI=1S/C42H42N4/c1-41(2)33-21-35(41)31-23-45-39(37-12-5-7-14-43-37)19-27(31)29(33)17-25-10-9-11-26(16-25)18-30-28-20-40(38-13-6-8-15-44-38)46-24-32(28)36-22-34(30)42(36,3)4/h5-16,19-20,23-24,29-30,33-36H,17-18,21-22H2,1-4H3/t29-,30?,33-,34-,35+,36+/m0/s1. The average molecular weight is 603 g/mol. The van der Waals surface area contributed by atoms with Crippen LogP contribution in [0.5, 0.6) is 0 Å². The van der Waals surface area contributed by atoms with Crippen molar-refractivity contribution in [2.75, 3.05) is 0 Å². The van der Waals surface area contributed by atoms with Crippen molar-refractivity contribution in [3.8, 4) is 22.8 Å². The van der Waals surface area contributed by atoms with Gasteiger partial charge >= 0.3 is 0 Å². The molecule has 6 aliphatic rings. The van der Waals surface area contributed by atoms with Crippen molar-refractivity contribution in [3.05, 3.63) is 131 Å². The van der Waals surface area contributed by atoms with Crippen molar-refractivity contribution >= 4 is 0 Å². The topological polar surface area (TPSA) is 51.6 Å². The number of aromatic nitrogens is 4. The molecule has 2 fully saturated rings. The molecular formula is C42H42N4. The molecule has 0 aliphatic heterocycles. The maximum absolute atomic E-state index is 4.92. The maximum Gasteiger partial charge on any atom is 0.0889 e. The van der Waals surface area contributed by atoms with Crippen LogP contribution in [-0.2, 0) is 12.8 Å². The van der Waals surface area contributed by atoms with Crippen molar-refractivity contribution in [1.82, 2.24) is 19.9 Å². The minimum atomic E-state index is 0.307. The van der Waals surface area contributed by atoms with E-state index in [0.29, 0.717) is 46.3 Å². The Kier molecular flexibility index (Phi) is 6.20. The van der Waals surface area contributed by atoms with Gasteiger partial charge in [-0.2, -0.15) is 0 Å². The Morgan fingerprint density at radius 2 is 1.00 bits per heavy atom. The highest BCUT2D eigenvalue weighted by Crippen LogP contribution is 2.68. The van der Waals surface area contributed by atoms with E-state index in [1.807, 2.05) is 24.5 Å². The lowest BCUT2D eigenvalue weighted by molar-refractivity contribution is -0.00613. The summed E-state index contributed by atoms with van der Waals surface area (Å²) in [5.74, 6) is 3.55. The van der Waals surface area contributed by atoms with Gasteiger partial charge in [-0.05, 0) is 142 Å². The molecule has 46 heavy (non-hydrogen) atoms. The van der Waals surface area contributed by atoms with Crippen LogP contribution in [0.15, 0.2) is 97.6 Å². The molecule has 6 atom stereocenters. The fraction of sp³-hybridized carbons (Fsp3) is 0.381. The second-order valence-electron chi connectivity index (χ2n) is 15.7. The lowest BCUT2D eigenvalue weighted by atomic mass is 9.43. The fourth-order valence-corrected chi connectivity index (χ4v) is 10.2. The predicted octanol–water partition coefficient (Wildman–Crippen LogP) is 9.54. The van der Waals surface area contributed by atoms with E-state index in [9.17, 15) is 0 Å². The van der Waals surface area contributed by atoms with Crippen LogP contribution in [0.25, 0.3) is 22.8 Å².